The summed E-state index contributed by atoms with van der Waals surface area (Å²) in [4.78, 5) is 47.4. The Morgan fingerprint density at radius 1 is 1.06 bits per heavy atom. The molecule has 1 amide bonds. The maximum Gasteiger partial charge on any atom is 0.306 e. The first-order chi connectivity index (χ1) is 16.7. The van der Waals surface area contributed by atoms with Crippen molar-refractivity contribution < 1.29 is 14.3 Å². The van der Waals surface area contributed by atoms with E-state index in [4.69, 9.17) is 9.72 Å². The van der Waals surface area contributed by atoms with Crippen LogP contribution in [-0.2, 0) is 14.3 Å². The molecule has 8 nitrogen and oxygen atoms in total. The van der Waals surface area contributed by atoms with Gasteiger partial charge in [0.1, 0.15) is 5.82 Å². The maximum absolute atomic E-state index is 13.7. The fraction of sp³-hybridized carbons (Fsp3) is 0.407. The second-order valence-electron chi connectivity index (χ2n) is 8.84. The lowest BCUT2D eigenvalue weighted by Crippen LogP contribution is -2.41. The van der Waals surface area contributed by atoms with Crippen LogP contribution < -0.4 is 5.56 Å². The Bertz CT molecular complexity index is 1250. The van der Waals surface area contributed by atoms with Crippen molar-refractivity contribution in [3.8, 4) is 5.69 Å². The van der Waals surface area contributed by atoms with Gasteiger partial charge in [-0.15, -0.1) is 0 Å². The van der Waals surface area contributed by atoms with Crippen LogP contribution in [0, 0.1) is 6.92 Å². The van der Waals surface area contributed by atoms with Crippen LogP contribution in [-0.4, -0.2) is 65.0 Å². The number of aromatic nitrogens is 2. The molecule has 3 rings (SSSR count). The number of fused-ring (bicyclic) bond motifs is 1. The van der Waals surface area contributed by atoms with E-state index in [2.05, 4.69) is 0 Å². The molecule has 0 aliphatic rings. The smallest absolute Gasteiger partial charge is 0.306 e. The van der Waals surface area contributed by atoms with Gasteiger partial charge in [0.2, 0.25) is 5.91 Å². The summed E-state index contributed by atoms with van der Waals surface area (Å²) in [5, 5.41) is 0.512. The summed E-state index contributed by atoms with van der Waals surface area (Å²) in [5.74, 6) is -0.116. The van der Waals surface area contributed by atoms with E-state index >= 15 is 0 Å². The van der Waals surface area contributed by atoms with Crippen LogP contribution in [0.2, 0.25) is 0 Å². The molecule has 1 heterocycles. The molecule has 8 heteroatoms. The third kappa shape index (κ3) is 6.33. The fourth-order valence-electron chi connectivity index (χ4n) is 4.01. The monoisotopic (exact) mass is 478 g/mol. The van der Waals surface area contributed by atoms with E-state index in [9.17, 15) is 14.4 Å². The second kappa shape index (κ2) is 11.8. The number of hydrogen-bond acceptors (Lipinski definition) is 6. The first-order valence-corrected chi connectivity index (χ1v) is 11.9. The van der Waals surface area contributed by atoms with Gasteiger partial charge in [0, 0.05) is 19.5 Å². The predicted molar refractivity (Wildman–Crippen MR) is 137 cm³/mol. The van der Waals surface area contributed by atoms with Crippen molar-refractivity contribution in [2.75, 3.05) is 33.8 Å². The van der Waals surface area contributed by atoms with E-state index < -0.39 is 12.0 Å². The zero-order valence-electron chi connectivity index (χ0n) is 21.2. The highest BCUT2D eigenvalue weighted by Crippen LogP contribution is 2.24. The first kappa shape index (κ1) is 26.1. The molecule has 0 saturated carbocycles. The molecule has 0 aliphatic carbocycles. The van der Waals surface area contributed by atoms with Gasteiger partial charge >= 0.3 is 5.97 Å². The first-order valence-electron chi connectivity index (χ1n) is 11.9. The van der Waals surface area contributed by atoms with E-state index in [1.807, 2.05) is 69.2 Å². The van der Waals surface area contributed by atoms with Crippen LogP contribution in [0.5, 0.6) is 0 Å². The number of benzene rings is 2. The second-order valence-corrected chi connectivity index (χ2v) is 8.84. The van der Waals surface area contributed by atoms with Gasteiger partial charge in [-0.05, 0) is 64.7 Å². The number of nitrogens with zero attached hydrogens (tertiary/aromatic N) is 4. The van der Waals surface area contributed by atoms with E-state index in [1.54, 1.807) is 28.5 Å². The van der Waals surface area contributed by atoms with E-state index in [0.29, 0.717) is 35.5 Å². The molecule has 1 aromatic heterocycles. The standard InChI is InChI=1S/C27H34N4O4/c1-6-35-25(33)15-14-24(32)30(17-16-29(4)5)20(3)26-28-23-13-8-7-12-22(23)27(34)31(26)21-11-9-10-19(2)18-21/h7-13,18,20H,6,14-17H2,1-5H3. The minimum absolute atomic E-state index is 0.00763. The molecule has 1 atom stereocenters. The van der Waals surface area contributed by atoms with Crippen molar-refractivity contribution in [1.29, 1.82) is 0 Å². The van der Waals surface area contributed by atoms with Gasteiger partial charge in [-0.2, -0.15) is 0 Å². The van der Waals surface area contributed by atoms with E-state index in [1.165, 1.54) is 0 Å². The third-order valence-electron chi connectivity index (χ3n) is 5.86. The highest BCUT2D eigenvalue weighted by atomic mass is 16.5. The van der Waals surface area contributed by atoms with Gasteiger partial charge in [0.15, 0.2) is 0 Å². The Morgan fingerprint density at radius 2 is 1.80 bits per heavy atom. The Kier molecular flexibility index (Phi) is 8.76. The van der Waals surface area contributed by atoms with Gasteiger partial charge in [0.05, 0.1) is 35.7 Å². The molecule has 186 valence electrons. The molecule has 0 spiro atoms. The highest BCUT2D eigenvalue weighted by Gasteiger charge is 2.27. The van der Waals surface area contributed by atoms with Gasteiger partial charge in [-0.25, -0.2) is 4.98 Å². The number of para-hydroxylation sites is 1. The Morgan fingerprint density at radius 3 is 2.49 bits per heavy atom. The number of amides is 1. The number of rotatable bonds is 10. The quantitative estimate of drug-likeness (QED) is 0.415. The number of carbonyl (C=O) groups excluding carboxylic acids is 2. The summed E-state index contributed by atoms with van der Waals surface area (Å²) in [7, 11) is 3.87. The normalized spacial score (nSPS) is 12.1. The van der Waals surface area contributed by atoms with Crippen LogP contribution in [0.1, 0.15) is 44.1 Å². The van der Waals surface area contributed by atoms with Crippen LogP contribution in [0.25, 0.3) is 16.6 Å². The SMILES string of the molecule is CCOC(=O)CCC(=O)N(CCN(C)C)C(C)c1nc2ccccc2c(=O)n1-c1cccc(C)c1. The number of likely N-dealkylation sites (N-methyl/N-ethyl adjacent to an activating group) is 1. The van der Waals surface area contributed by atoms with Crippen molar-refractivity contribution >= 4 is 22.8 Å². The zero-order chi connectivity index (χ0) is 25.5. The van der Waals surface area contributed by atoms with Crippen LogP contribution in [0.4, 0.5) is 0 Å². The average Bonchev–Trinajstić information content (AvgIpc) is 2.82. The largest absolute Gasteiger partial charge is 0.466 e. The minimum Gasteiger partial charge on any atom is -0.466 e. The molecule has 0 saturated heterocycles. The highest BCUT2D eigenvalue weighted by molar-refractivity contribution is 5.82. The van der Waals surface area contributed by atoms with E-state index in [0.717, 1.165) is 5.56 Å². The number of ether oxygens (including phenoxy) is 1. The van der Waals surface area contributed by atoms with Crippen molar-refractivity contribution in [3.05, 3.63) is 70.3 Å². The number of carbonyl (C=O) groups is 2. The molecular formula is C27H34N4O4. The van der Waals surface area contributed by atoms with Gasteiger partial charge in [-0.3, -0.25) is 19.0 Å². The third-order valence-corrected chi connectivity index (χ3v) is 5.86. The van der Waals surface area contributed by atoms with Crippen LogP contribution in [0.15, 0.2) is 53.3 Å². The summed E-state index contributed by atoms with van der Waals surface area (Å²) in [6, 6.07) is 14.4. The maximum atomic E-state index is 13.7. The van der Waals surface area contributed by atoms with Gasteiger partial charge < -0.3 is 14.5 Å². The number of esters is 1. The molecule has 3 aromatic rings. The molecule has 1 unspecified atom stereocenters. The van der Waals surface area contributed by atoms with Crippen molar-refractivity contribution in [1.82, 2.24) is 19.4 Å². The van der Waals surface area contributed by atoms with Gasteiger partial charge in [0.25, 0.3) is 5.56 Å². The summed E-state index contributed by atoms with van der Waals surface area (Å²) in [6.07, 6.45) is 0.0343. The molecule has 0 N–H and O–H groups in total. The summed E-state index contributed by atoms with van der Waals surface area (Å²) < 4.78 is 6.59. The lowest BCUT2D eigenvalue weighted by Gasteiger charge is -2.31. The van der Waals surface area contributed by atoms with Gasteiger partial charge in [-0.1, -0.05) is 24.3 Å². The molecule has 2 aromatic carbocycles. The lowest BCUT2D eigenvalue weighted by molar-refractivity contribution is -0.146. The molecule has 0 bridgehead atoms. The topological polar surface area (TPSA) is 84.7 Å². The molecule has 0 aliphatic heterocycles. The van der Waals surface area contributed by atoms with Crippen molar-refractivity contribution in [3.63, 3.8) is 0 Å². The Labute approximate surface area is 206 Å². The molecule has 35 heavy (non-hydrogen) atoms. The lowest BCUT2D eigenvalue weighted by atomic mass is 10.1. The van der Waals surface area contributed by atoms with E-state index in [-0.39, 0.29) is 30.9 Å². The fourth-order valence-corrected chi connectivity index (χ4v) is 4.01. The Hall–Kier alpha value is -3.52. The number of hydrogen-bond donors (Lipinski definition) is 0. The number of aryl methyl sites for hydroxylation is 1. The van der Waals surface area contributed by atoms with Crippen LogP contribution in [0.3, 0.4) is 0 Å². The minimum atomic E-state index is -0.512. The summed E-state index contributed by atoms with van der Waals surface area (Å²) >= 11 is 0. The predicted octanol–water partition coefficient (Wildman–Crippen LogP) is 3.49. The van der Waals surface area contributed by atoms with Crippen molar-refractivity contribution in [2.24, 2.45) is 0 Å². The molecular weight excluding hydrogens is 444 g/mol. The molecule has 0 radical (unpaired) electrons. The van der Waals surface area contributed by atoms with Crippen LogP contribution >= 0.6 is 0 Å². The zero-order valence-corrected chi connectivity index (χ0v) is 21.2. The Balaban J connectivity index is 2.10. The van der Waals surface area contributed by atoms with Crippen molar-refractivity contribution in [2.45, 2.75) is 39.7 Å². The molecule has 0 fully saturated rings. The summed E-state index contributed by atoms with van der Waals surface area (Å²) in [5.41, 5.74) is 2.10. The average molecular weight is 479 g/mol. The summed E-state index contributed by atoms with van der Waals surface area (Å²) in [6.45, 7) is 6.90.